The maximum atomic E-state index is 13.4. The van der Waals surface area contributed by atoms with E-state index < -0.39 is 6.10 Å². The highest BCUT2D eigenvalue weighted by molar-refractivity contribution is 5.43. The van der Waals surface area contributed by atoms with Gasteiger partial charge in [0.15, 0.2) is 0 Å². The third-order valence-electron chi connectivity index (χ3n) is 4.83. The van der Waals surface area contributed by atoms with E-state index in [9.17, 15) is 9.50 Å². The molecular weight excluding hydrogens is 381 g/mol. The average molecular weight is 412 g/mol. The number of para-hydroxylation sites is 1. The van der Waals surface area contributed by atoms with Crippen LogP contribution in [0.15, 0.2) is 54.6 Å². The lowest BCUT2D eigenvalue weighted by atomic mass is 10.1. The van der Waals surface area contributed by atoms with Gasteiger partial charge in [-0.2, -0.15) is 5.10 Å². The molecular formula is C24H30FN3O2. The molecule has 2 aromatic carbocycles. The predicted octanol–water partition coefficient (Wildman–Crippen LogP) is 4.96. The largest absolute Gasteiger partial charge is 0.439 e. The Balaban J connectivity index is 2.06. The molecule has 1 aromatic heterocycles. The molecule has 0 spiro atoms. The van der Waals surface area contributed by atoms with Gasteiger partial charge in [0.1, 0.15) is 11.6 Å². The molecule has 0 aliphatic carbocycles. The Labute approximate surface area is 177 Å². The van der Waals surface area contributed by atoms with Crippen LogP contribution in [-0.2, 0) is 13.0 Å². The number of aryl methyl sites for hydroxylation is 1. The van der Waals surface area contributed by atoms with Gasteiger partial charge >= 0.3 is 0 Å². The quantitative estimate of drug-likeness (QED) is 0.512. The van der Waals surface area contributed by atoms with Gasteiger partial charge in [-0.3, -0.25) is 4.90 Å². The van der Waals surface area contributed by atoms with Crippen LogP contribution < -0.4 is 4.74 Å². The van der Waals surface area contributed by atoms with Crippen molar-refractivity contribution in [3.05, 3.63) is 71.7 Å². The molecule has 1 N–H and O–H groups in total. The summed E-state index contributed by atoms with van der Waals surface area (Å²) in [5, 5.41) is 14.8. The summed E-state index contributed by atoms with van der Waals surface area (Å²) in [6.07, 6.45) is 1.31. The van der Waals surface area contributed by atoms with Crippen molar-refractivity contribution in [2.24, 2.45) is 0 Å². The summed E-state index contributed by atoms with van der Waals surface area (Å²) < 4.78 is 21.5. The number of rotatable bonds is 10. The smallest absolute Gasteiger partial charge is 0.227 e. The van der Waals surface area contributed by atoms with Gasteiger partial charge in [0.2, 0.25) is 5.88 Å². The van der Waals surface area contributed by atoms with Crippen LogP contribution in [0.5, 0.6) is 11.6 Å². The summed E-state index contributed by atoms with van der Waals surface area (Å²) in [6, 6.07) is 15.8. The van der Waals surface area contributed by atoms with Gasteiger partial charge in [-0.1, -0.05) is 32.0 Å². The van der Waals surface area contributed by atoms with E-state index in [1.807, 2.05) is 35.0 Å². The molecule has 0 aliphatic rings. The van der Waals surface area contributed by atoms with Gasteiger partial charge < -0.3 is 9.84 Å². The van der Waals surface area contributed by atoms with Gasteiger partial charge in [0.05, 0.1) is 23.0 Å². The normalized spacial score (nSPS) is 12.3. The van der Waals surface area contributed by atoms with Crippen LogP contribution in [-0.4, -0.2) is 39.0 Å². The van der Waals surface area contributed by atoms with Gasteiger partial charge in [-0.25, -0.2) is 9.07 Å². The molecule has 0 amide bonds. The Hall–Kier alpha value is -2.70. The first-order chi connectivity index (χ1) is 14.5. The Morgan fingerprint density at radius 1 is 1.10 bits per heavy atom. The van der Waals surface area contributed by atoms with E-state index in [4.69, 9.17) is 9.84 Å². The fraction of sp³-hybridized carbons (Fsp3) is 0.375. The van der Waals surface area contributed by atoms with Crippen molar-refractivity contribution in [2.75, 3.05) is 13.1 Å². The average Bonchev–Trinajstić information content (AvgIpc) is 3.07. The molecule has 0 aliphatic heterocycles. The number of halogens is 1. The molecule has 0 saturated heterocycles. The second-order valence-electron chi connectivity index (χ2n) is 7.47. The summed E-state index contributed by atoms with van der Waals surface area (Å²) in [7, 11) is 0. The molecule has 0 saturated carbocycles. The minimum Gasteiger partial charge on any atom is -0.439 e. The minimum absolute atomic E-state index is 0.306. The Morgan fingerprint density at radius 3 is 2.40 bits per heavy atom. The van der Waals surface area contributed by atoms with Crippen LogP contribution in [0.25, 0.3) is 5.69 Å². The molecule has 3 rings (SSSR count). The highest BCUT2D eigenvalue weighted by Gasteiger charge is 2.23. The van der Waals surface area contributed by atoms with Crippen molar-refractivity contribution in [3.63, 3.8) is 0 Å². The van der Waals surface area contributed by atoms with Crippen LogP contribution in [0.4, 0.5) is 4.39 Å². The number of benzene rings is 2. The summed E-state index contributed by atoms with van der Waals surface area (Å²) in [4.78, 5) is 2.22. The number of hydrogen-bond acceptors (Lipinski definition) is 4. The minimum atomic E-state index is -0.424. The van der Waals surface area contributed by atoms with E-state index >= 15 is 0 Å². The summed E-state index contributed by atoms with van der Waals surface area (Å²) in [5.41, 5.74) is 2.83. The van der Waals surface area contributed by atoms with Crippen molar-refractivity contribution in [1.29, 1.82) is 0 Å². The summed E-state index contributed by atoms with van der Waals surface area (Å²) >= 11 is 0. The second-order valence-corrected chi connectivity index (χ2v) is 7.47. The summed E-state index contributed by atoms with van der Waals surface area (Å²) in [6.45, 7) is 8.04. The SMILES string of the molecule is CCCN(Cc1c(CC)nn(-c2ccccc2)c1Oc1ccc(F)cc1)C[C@H](C)O. The first kappa shape index (κ1) is 22.0. The number of ether oxygens (including phenoxy) is 1. The van der Waals surface area contributed by atoms with Crippen molar-refractivity contribution in [1.82, 2.24) is 14.7 Å². The van der Waals surface area contributed by atoms with E-state index in [1.54, 1.807) is 19.1 Å². The van der Waals surface area contributed by atoms with Crippen LogP contribution in [0.1, 0.15) is 38.4 Å². The zero-order chi connectivity index (χ0) is 21.5. The van der Waals surface area contributed by atoms with Crippen molar-refractivity contribution in [3.8, 4) is 17.3 Å². The molecule has 1 heterocycles. The molecule has 6 heteroatoms. The van der Waals surface area contributed by atoms with Crippen LogP contribution >= 0.6 is 0 Å². The number of hydrogen-bond donors (Lipinski definition) is 1. The highest BCUT2D eigenvalue weighted by atomic mass is 19.1. The molecule has 0 bridgehead atoms. The molecule has 1 atom stereocenters. The molecule has 3 aromatic rings. The van der Waals surface area contributed by atoms with E-state index in [2.05, 4.69) is 18.7 Å². The lowest BCUT2D eigenvalue weighted by Crippen LogP contribution is -2.31. The fourth-order valence-corrected chi connectivity index (χ4v) is 3.53. The zero-order valence-corrected chi connectivity index (χ0v) is 17.9. The number of nitrogens with zero attached hydrogens (tertiary/aromatic N) is 3. The molecule has 5 nitrogen and oxygen atoms in total. The summed E-state index contributed by atoms with van der Waals surface area (Å²) in [5.74, 6) is 0.866. The molecule has 0 radical (unpaired) electrons. The topological polar surface area (TPSA) is 50.5 Å². The van der Waals surface area contributed by atoms with Crippen LogP contribution in [0.2, 0.25) is 0 Å². The molecule has 30 heavy (non-hydrogen) atoms. The number of aromatic nitrogens is 2. The Morgan fingerprint density at radius 2 is 1.80 bits per heavy atom. The number of aliphatic hydroxyl groups is 1. The van der Waals surface area contributed by atoms with Gasteiger partial charge in [0.25, 0.3) is 0 Å². The van der Waals surface area contributed by atoms with Crippen molar-refractivity contribution < 1.29 is 14.2 Å². The standard InChI is InChI=1S/C24H30FN3O2/c1-4-15-27(16-18(3)29)17-22-23(5-2)26-28(20-9-7-6-8-10-20)24(22)30-21-13-11-19(25)12-14-21/h6-14,18,29H,4-5,15-17H2,1-3H3/t18-/m0/s1. The third-order valence-corrected chi connectivity index (χ3v) is 4.83. The Kier molecular flexibility index (Phi) is 7.60. The zero-order valence-electron chi connectivity index (χ0n) is 17.9. The maximum absolute atomic E-state index is 13.4. The fourth-order valence-electron chi connectivity index (χ4n) is 3.53. The number of aliphatic hydroxyl groups excluding tert-OH is 1. The van der Waals surface area contributed by atoms with E-state index in [0.29, 0.717) is 24.7 Å². The van der Waals surface area contributed by atoms with E-state index in [1.165, 1.54) is 12.1 Å². The predicted molar refractivity (Wildman–Crippen MR) is 117 cm³/mol. The molecule has 0 fully saturated rings. The van der Waals surface area contributed by atoms with Gasteiger partial charge in [-0.15, -0.1) is 0 Å². The first-order valence-corrected chi connectivity index (χ1v) is 10.5. The Bertz CT molecular complexity index is 924. The molecule has 0 unspecified atom stereocenters. The van der Waals surface area contributed by atoms with E-state index in [0.717, 1.165) is 36.3 Å². The monoisotopic (exact) mass is 411 g/mol. The van der Waals surface area contributed by atoms with Crippen LogP contribution in [0.3, 0.4) is 0 Å². The van der Waals surface area contributed by atoms with Crippen molar-refractivity contribution >= 4 is 0 Å². The second kappa shape index (κ2) is 10.4. The highest BCUT2D eigenvalue weighted by Crippen LogP contribution is 2.32. The van der Waals surface area contributed by atoms with Crippen LogP contribution in [0, 0.1) is 5.82 Å². The first-order valence-electron chi connectivity index (χ1n) is 10.5. The van der Waals surface area contributed by atoms with Crippen molar-refractivity contribution in [2.45, 2.75) is 46.3 Å². The van der Waals surface area contributed by atoms with E-state index in [-0.39, 0.29) is 5.82 Å². The third kappa shape index (κ3) is 5.46. The molecule has 160 valence electrons. The van der Waals surface area contributed by atoms with Gasteiger partial charge in [0, 0.05) is 13.1 Å². The lowest BCUT2D eigenvalue weighted by Gasteiger charge is -2.23. The maximum Gasteiger partial charge on any atom is 0.227 e. The lowest BCUT2D eigenvalue weighted by molar-refractivity contribution is 0.122. The van der Waals surface area contributed by atoms with Gasteiger partial charge in [-0.05, 0) is 62.7 Å².